The molecule has 1 aromatic rings. The lowest BCUT2D eigenvalue weighted by molar-refractivity contribution is 0.0596. The summed E-state index contributed by atoms with van der Waals surface area (Å²) >= 11 is 1.75. The third-order valence-electron chi connectivity index (χ3n) is 2.63. The highest BCUT2D eigenvalue weighted by Crippen LogP contribution is 2.29. The highest BCUT2D eigenvalue weighted by molar-refractivity contribution is 7.99. The summed E-state index contributed by atoms with van der Waals surface area (Å²) < 4.78 is 5.27. The van der Waals surface area contributed by atoms with Gasteiger partial charge in [-0.1, -0.05) is 12.1 Å². The molecule has 0 spiro atoms. The Balaban J connectivity index is 2.36. The lowest BCUT2D eigenvalue weighted by atomic mass is 10.0. The first-order chi connectivity index (χ1) is 8.09. The van der Waals surface area contributed by atoms with E-state index in [1.165, 1.54) is 0 Å². The summed E-state index contributed by atoms with van der Waals surface area (Å²) in [5, 5.41) is 9.76. The zero-order valence-corrected chi connectivity index (χ0v) is 11.3. The fourth-order valence-electron chi connectivity index (χ4n) is 1.48. The smallest absolute Gasteiger partial charge is 0.132 e. The van der Waals surface area contributed by atoms with Crippen LogP contribution in [0.5, 0.6) is 5.75 Å². The van der Waals surface area contributed by atoms with Gasteiger partial charge in [0.25, 0.3) is 0 Å². The zero-order valence-electron chi connectivity index (χ0n) is 10.5. The van der Waals surface area contributed by atoms with E-state index >= 15 is 0 Å². The van der Waals surface area contributed by atoms with Crippen molar-refractivity contribution in [2.75, 3.05) is 19.4 Å². The summed E-state index contributed by atoms with van der Waals surface area (Å²) in [7, 11) is 1.68. The summed E-state index contributed by atoms with van der Waals surface area (Å²) in [5.74, 6) is 1.86. The molecule has 1 unspecified atom stereocenters. The maximum absolute atomic E-state index is 9.76. The highest BCUT2D eigenvalue weighted by atomic mass is 32.2. The van der Waals surface area contributed by atoms with E-state index in [9.17, 15) is 5.11 Å². The molecule has 1 rings (SSSR count). The first-order valence-corrected chi connectivity index (χ1v) is 6.76. The third kappa shape index (κ3) is 4.98. The van der Waals surface area contributed by atoms with E-state index in [1.807, 2.05) is 24.3 Å². The van der Waals surface area contributed by atoms with Gasteiger partial charge in [0.05, 0.1) is 12.7 Å². The van der Waals surface area contributed by atoms with E-state index in [2.05, 4.69) is 0 Å². The van der Waals surface area contributed by atoms with Crippen LogP contribution >= 0.6 is 11.8 Å². The van der Waals surface area contributed by atoms with E-state index in [0.717, 1.165) is 29.2 Å². The number of aliphatic hydroxyl groups is 1. The van der Waals surface area contributed by atoms with Crippen LogP contribution in [-0.4, -0.2) is 30.1 Å². The van der Waals surface area contributed by atoms with Gasteiger partial charge in [-0.25, -0.2) is 0 Å². The van der Waals surface area contributed by atoms with E-state index in [4.69, 9.17) is 10.5 Å². The number of methoxy groups -OCH3 is 1. The summed E-state index contributed by atoms with van der Waals surface area (Å²) in [5.41, 5.74) is 4.73. The van der Waals surface area contributed by atoms with Gasteiger partial charge in [0, 0.05) is 11.4 Å². The minimum Gasteiger partial charge on any atom is -0.496 e. The Morgan fingerprint density at radius 3 is 2.76 bits per heavy atom. The monoisotopic (exact) mass is 255 g/mol. The lowest BCUT2D eigenvalue weighted by Crippen LogP contribution is -2.34. The molecule has 96 valence electrons. The molecule has 0 amide bonds. The first-order valence-electron chi connectivity index (χ1n) is 5.77. The second-order valence-electron chi connectivity index (χ2n) is 4.30. The number of benzene rings is 1. The molecule has 0 bridgehead atoms. The van der Waals surface area contributed by atoms with Gasteiger partial charge in [-0.2, -0.15) is 0 Å². The van der Waals surface area contributed by atoms with Gasteiger partial charge in [-0.15, -0.1) is 11.8 Å². The zero-order chi connectivity index (χ0) is 12.7. The molecule has 0 fully saturated rings. The molecule has 0 radical (unpaired) electrons. The Morgan fingerprint density at radius 2 is 2.12 bits per heavy atom. The van der Waals surface area contributed by atoms with Crippen LogP contribution in [0.1, 0.15) is 19.8 Å². The largest absolute Gasteiger partial charge is 0.496 e. The summed E-state index contributed by atoms with van der Waals surface area (Å²) in [6.07, 6.45) is 1.67. The molecule has 0 aliphatic carbocycles. The quantitative estimate of drug-likeness (QED) is 0.580. The van der Waals surface area contributed by atoms with Crippen LogP contribution < -0.4 is 10.5 Å². The van der Waals surface area contributed by atoms with Crippen molar-refractivity contribution in [1.82, 2.24) is 0 Å². The van der Waals surface area contributed by atoms with Crippen LogP contribution in [0.15, 0.2) is 29.2 Å². The van der Waals surface area contributed by atoms with Gasteiger partial charge in [-0.05, 0) is 37.7 Å². The Labute approximate surface area is 107 Å². The second-order valence-corrected chi connectivity index (χ2v) is 5.44. The molecule has 3 nitrogen and oxygen atoms in total. The van der Waals surface area contributed by atoms with Crippen molar-refractivity contribution in [3.8, 4) is 5.75 Å². The van der Waals surface area contributed by atoms with Crippen LogP contribution in [-0.2, 0) is 0 Å². The lowest BCUT2D eigenvalue weighted by Gasteiger charge is -2.20. The molecule has 0 aliphatic rings. The van der Waals surface area contributed by atoms with Crippen molar-refractivity contribution in [3.05, 3.63) is 24.3 Å². The van der Waals surface area contributed by atoms with E-state index in [1.54, 1.807) is 25.8 Å². The number of rotatable bonds is 7. The van der Waals surface area contributed by atoms with E-state index in [0.29, 0.717) is 6.54 Å². The number of hydrogen-bond donors (Lipinski definition) is 2. The maximum Gasteiger partial charge on any atom is 0.132 e. The minimum absolute atomic E-state index is 0.312. The Hall–Kier alpha value is -0.710. The average Bonchev–Trinajstić information content (AvgIpc) is 2.35. The number of nitrogens with two attached hydrogens (primary N) is 1. The van der Waals surface area contributed by atoms with Crippen LogP contribution in [0, 0.1) is 0 Å². The van der Waals surface area contributed by atoms with E-state index in [-0.39, 0.29) is 0 Å². The van der Waals surface area contributed by atoms with Crippen molar-refractivity contribution in [1.29, 1.82) is 0 Å². The number of para-hydroxylation sites is 1. The molecule has 17 heavy (non-hydrogen) atoms. The van der Waals surface area contributed by atoms with Gasteiger partial charge < -0.3 is 15.6 Å². The molecule has 0 aromatic heterocycles. The molecule has 4 heteroatoms. The van der Waals surface area contributed by atoms with Crippen LogP contribution in [0.25, 0.3) is 0 Å². The maximum atomic E-state index is 9.76. The molecular formula is C13H21NO2S. The molecule has 0 heterocycles. The molecule has 1 atom stereocenters. The topological polar surface area (TPSA) is 55.5 Å². The van der Waals surface area contributed by atoms with Crippen LogP contribution in [0.2, 0.25) is 0 Å². The number of hydrogen-bond acceptors (Lipinski definition) is 4. The predicted octanol–water partition coefficient (Wildman–Crippen LogP) is 2.28. The van der Waals surface area contributed by atoms with Gasteiger partial charge >= 0.3 is 0 Å². The van der Waals surface area contributed by atoms with Crippen molar-refractivity contribution in [3.63, 3.8) is 0 Å². The predicted molar refractivity (Wildman–Crippen MR) is 72.6 cm³/mol. The average molecular weight is 255 g/mol. The second kappa shape index (κ2) is 6.89. The molecular weight excluding hydrogens is 234 g/mol. The Morgan fingerprint density at radius 1 is 1.41 bits per heavy atom. The fourth-order valence-corrected chi connectivity index (χ4v) is 2.45. The van der Waals surface area contributed by atoms with Gasteiger partial charge in [0.2, 0.25) is 0 Å². The summed E-state index contributed by atoms with van der Waals surface area (Å²) in [6, 6.07) is 7.96. The molecule has 0 aliphatic heterocycles. The standard InChI is InChI=1S/C13H21NO2S/c1-13(15,10-14)8-5-9-17-12-7-4-3-6-11(12)16-2/h3-4,6-7,15H,5,8-10,14H2,1-2H3. The Kier molecular flexibility index (Phi) is 5.82. The SMILES string of the molecule is COc1ccccc1SCCCC(C)(O)CN. The van der Waals surface area contributed by atoms with Crippen LogP contribution in [0.4, 0.5) is 0 Å². The van der Waals surface area contributed by atoms with Gasteiger partial charge in [0.1, 0.15) is 5.75 Å². The normalized spacial score (nSPS) is 14.4. The molecule has 1 aromatic carbocycles. The molecule has 0 saturated heterocycles. The Bertz CT molecular complexity index is 342. The van der Waals surface area contributed by atoms with Crippen molar-refractivity contribution in [2.24, 2.45) is 5.73 Å². The van der Waals surface area contributed by atoms with Gasteiger partial charge in [0.15, 0.2) is 0 Å². The van der Waals surface area contributed by atoms with Crippen molar-refractivity contribution in [2.45, 2.75) is 30.3 Å². The first kappa shape index (κ1) is 14.4. The summed E-state index contributed by atoms with van der Waals surface area (Å²) in [6.45, 7) is 2.09. The van der Waals surface area contributed by atoms with Gasteiger partial charge in [-0.3, -0.25) is 0 Å². The van der Waals surface area contributed by atoms with Crippen molar-refractivity contribution >= 4 is 11.8 Å². The number of thioether (sulfide) groups is 1. The van der Waals surface area contributed by atoms with Crippen LogP contribution in [0.3, 0.4) is 0 Å². The molecule has 0 saturated carbocycles. The third-order valence-corrected chi connectivity index (χ3v) is 3.77. The highest BCUT2D eigenvalue weighted by Gasteiger charge is 2.16. The van der Waals surface area contributed by atoms with E-state index < -0.39 is 5.60 Å². The summed E-state index contributed by atoms with van der Waals surface area (Å²) in [4.78, 5) is 1.14. The molecule has 3 N–H and O–H groups in total. The fraction of sp³-hybridized carbons (Fsp3) is 0.538. The number of ether oxygens (including phenoxy) is 1. The minimum atomic E-state index is -0.735. The van der Waals surface area contributed by atoms with Crippen molar-refractivity contribution < 1.29 is 9.84 Å².